The second-order valence-electron chi connectivity index (χ2n) is 8.61. The minimum absolute atomic E-state index is 0.118. The molecule has 0 aliphatic carbocycles. The summed E-state index contributed by atoms with van der Waals surface area (Å²) in [5.41, 5.74) is 10.4. The van der Waals surface area contributed by atoms with Gasteiger partial charge in [-0.15, -0.1) is 0 Å². The van der Waals surface area contributed by atoms with E-state index in [0.717, 1.165) is 73.2 Å². The van der Waals surface area contributed by atoms with Crippen LogP contribution in [0.1, 0.15) is 46.7 Å². The van der Waals surface area contributed by atoms with Crippen molar-refractivity contribution in [1.29, 1.82) is 0 Å². The molecule has 9 heteroatoms. The van der Waals surface area contributed by atoms with Gasteiger partial charge in [0.05, 0.1) is 11.0 Å². The van der Waals surface area contributed by atoms with E-state index in [1.165, 1.54) is 6.33 Å². The van der Waals surface area contributed by atoms with E-state index >= 15 is 0 Å². The Hall–Kier alpha value is -2.71. The van der Waals surface area contributed by atoms with Crippen LogP contribution in [0.15, 0.2) is 18.7 Å². The van der Waals surface area contributed by atoms with Crippen LogP contribution in [-0.4, -0.2) is 68.5 Å². The van der Waals surface area contributed by atoms with Crippen LogP contribution in [0.3, 0.4) is 0 Å². The van der Waals surface area contributed by atoms with Crippen LogP contribution >= 0.6 is 11.6 Å². The number of aromatic nitrogens is 4. The average Bonchev–Trinajstić information content (AvgIpc) is 3.10. The van der Waals surface area contributed by atoms with Gasteiger partial charge in [-0.05, 0) is 62.9 Å². The maximum absolute atomic E-state index is 13.4. The minimum atomic E-state index is 0.118. The summed E-state index contributed by atoms with van der Waals surface area (Å²) in [5, 5.41) is 0.291. The molecule has 2 aromatic heterocycles. The summed E-state index contributed by atoms with van der Waals surface area (Å²) in [6.45, 7) is 5.64. The monoisotopic (exact) mass is 439 g/mol. The number of piperidine rings is 1. The van der Waals surface area contributed by atoms with Crippen molar-refractivity contribution in [2.24, 2.45) is 0 Å². The van der Waals surface area contributed by atoms with Gasteiger partial charge in [0.25, 0.3) is 5.91 Å². The number of benzene rings is 1. The second-order valence-corrected chi connectivity index (χ2v) is 8.99. The second kappa shape index (κ2) is 7.76. The predicted molar refractivity (Wildman–Crippen MR) is 121 cm³/mol. The first-order valence-corrected chi connectivity index (χ1v) is 11.1. The molecule has 1 aromatic carbocycles. The fraction of sp³-hybridized carbons (Fsp3) is 0.455. The summed E-state index contributed by atoms with van der Waals surface area (Å²) in [6, 6.07) is 2.01. The number of aryl methyl sites for hydroxylation is 1. The SMILES string of the molecule is Cc1cc2c(ncn2-c2ncnc(N)c2Cl)c(C2CCCN(C)C2)c1C(=O)N1CCC1. The van der Waals surface area contributed by atoms with Crippen molar-refractivity contribution < 1.29 is 4.79 Å². The molecule has 1 unspecified atom stereocenters. The Kier molecular flexibility index (Phi) is 5.06. The van der Waals surface area contributed by atoms with Gasteiger partial charge < -0.3 is 15.5 Å². The number of hydrogen-bond acceptors (Lipinski definition) is 6. The van der Waals surface area contributed by atoms with Crippen LogP contribution in [0.25, 0.3) is 16.9 Å². The molecule has 8 nitrogen and oxygen atoms in total. The quantitative estimate of drug-likeness (QED) is 0.674. The highest BCUT2D eigenvalue weighted by molar-refractivity contribution is 6.34. The van der Waals surface area contributed by atoms with Gasteiger partial charge in [-0.25, -0.2) is 15.0 Å². The number of hydrogen-bond donors (Lipinski definition) is 1. The molecule has 4 heterocycles. The Morgan fingerprint density at radius 3 is 2.71 bits per heavy atom. The Labute approximate surface area is 186 Å². The zero-order valence-corrected chi connectivity index (χ0v) is 18.6. The number of fused-ring (bicyclic) bond motifs is 1. The van der Waals surface area contributed by atoms with Crippen molar-refractivity contribution in [3.05, 3.63) is 40.4 Å². The highest BCUT2D eigenvalue weighted by atomic mass is 35.5. The fourth-order valence-corrected chi connectivity index (χ4v) is 4.97. The van der Waals surface area contributed by atoms with Gasteiger partial charge >= 0.3 is 0 Å². The van der Waals surface area contributed by atoms with E-state index in [1.807, 2.05) is 22.5 Å². The lowest BCUT2D eigenvalue weighted by Gasteiger charge is -2.35. The molecule has 2 fully saturated rings. The lowest BCUT2D eigenvalue weighted by Crippen LogP contribution is -2.43. The van der Waals surface area contributed by atoms with E-state index in [4.69, 9.17) is 22.3 Å². The summed E-state index contributed by atoms with van der Waals surface area (Å²) < 4.78 is 1.84. The largest absolute Gasteiger partial charge is 0.382 e. The number of nitrogens with two attached hydrogens (primary N) is 1. The maximum atomic E-state index is 13.4. The minimum Gasteiger partial charge on any atom is -0.382 e. The number of anilines is 1. The highest BCUT2D eigenvalue weighted by Gasteiger charge is 2.32. The van der Waals surface area contributed by atoms with E-state index in [0.29, 0.717) is 10.8 Å². The molecule has 31 heavy (non-hydrogen) atoms. The number of likely N-dealkylation sites (tertiary alicyclic amines) is 2. The number of imidazole rings is 1. The van der Waals surface area contributed by atoms with Crippen LogP contribution in [-0.2, 0) is 0 Å². The molecule has 2 aliphatic heterocycles. The van der Waals surface area contributed by atoms with E-state index < -0.39 is 0 Å². The molecule has 2 N–H and O–H groups in total. The van der Waals surface area contributed by atoms with Gasteiger partial charge in [0.2, 0.25) is 0 Å². The number of carbonyl (C=O) groups is 1. The van der Waals surface area contributed by atoms with Crippen molar-refractivity contribution in [1.82, 2.24) is 29.3 Å². The standard InChI is InChI=1S/C22H26ClN7O/c1-13-9-15-19(27-12-30(15)21-18(23)20(24)25-11-26-21)17(14-5-3-6-28(2)10-14)16(13)22(31)29-7-4-8-29/h9,11-12,14H,3-8,10H2,1-2H3,(H2,24,25,26). The lowest BCUT2D eigenvalue weighted by molar-refractivity contribution is 0.0648. The Bertz CT molecular complexity index is 1170. The van der Waals surface area contributed by atoms with Crippen LogP contribution < -0.4 is 5.73 Å². The Balaban J connectivity index is 1.74. The molecule has 0 radical (unpaired) electrons. The van der Waals surface area contributed by atoms with Gasteiger partial charge in [0, 0.05) is 25.2 Å². The highest BCUT2D eigenvalue weighted by Crippen LogP contribution is 2.38. The number of carbonyl (C=O) groups excluding carboxylic acids is 1. The van der Waals surface area contributed by atoms with Crippen LogP contribution in [0.4, 0.5) is 5.82 Å². The molecule has 1 amide bonds. The number of halogens is 1. The zero-order valence-electron chi connectivity index (χ0n) is 17.8. The summed E-state index contributed by atoms with van der Waals surface area (Å²) in [4.78, 5) is 30.8. The van der Waals surface area contributed by atoms with Crippen LogP contribution in [0, 0.1) is 6.92 Å². The molecule has 1 atom stereocenters. The molecule has 3 aromatic rings. The van der Waals surface area contributed by atoms with E-state index in [1.54, 1.807) is 6.33 Å². The van der Waals surface area contributed by atoms with Crippen molar-refractivity contribution in [3.63, 3.8) is 0 Å². The summed E-state index contributed by atoms with van der Waals surface area (Å²) in [5.74, 6) is 1.08. The first-order valence-electron chi connectivity index (χ1n) is 10.7. The molecule has 0 spiro atoms. The number of nitrogens with zero attached hydrogens (tertiary/aromatic N) is 6. The molecule has 162 valence electrons. The van der Waals surface area contributed by atoms with Gasteiger partial charge in [-0.2, -0.15) is 0 Å². The third-order valence-electron chi connectivity index (χ3n) is 6.49. The molecular formula is C22H26ClN7O. The Morgan fingerprint density at radius 2 is 2.00 bits per heavy atom. The van der Waals surface area contributed by atoms with Crippen LogP contribution in [0.5, 0.6) is 0 Å². The fourth-order valence-electron chi connectivity index (χ4n) is 4.78. The molecular weight excluding hydrogens is 414 g/mol. The van der Waals surface area contributed by atoms with Crippen LogP contribution in [0.2, 0.25) is 5.02 Å². The van der Waals surface area contributed by atoms with Gasteiger partial charge in [-0.3, -0.25) is 9.36 Å². The number of likely N-dealkylation sites (N-methyl/N-ethyl adjacent to an activating group) is 1. The number of nitrogen functional groups attached to an aromatic ring is 1. The molecule has 0 bridgehead atoms. The first-order chi connectivity index (χ1) is 15.0. The smallest absolute Gasteiger partial charge is 0.254 e. The molecule has 2 saturated heterocycles. The third-order valence-corrected chi connectivity index (χ3v) is 6.86. The third kappa shape index (κ3) is 3.34. The van der Waals surface area contributed by atoms with Gasteiger partial charge in [0.15, 0.2) is 5.82 Å². The lowest BCUT2D eigenvalue weighted by atomic mass is 9.84. The summed E-state index contributed by atoms with van der Waals surface area (Å²) in [6.07, 6.45) is 6.32. The molecule has 5 rings (SSSR count). The molecule has 0 saturated carbocycles. The van der Waals surface area contributed by atoms with Crippen molar-refractivity contribution in [2.75, 3.05) is 39.0 Å². The first kappa shape index (κ1) is 20.2. The van der Waals surface area contributed by atoms with Gasteiger partial charge in [0.1, 0.15) is 23.5 Å². The Morgan fingerprint density at radius 1 is 1.19 bits per heavy atom. The maximum Gasteiger partial charge on any atom is 0.254 e. The number of amides is 1. The van der Waals surface area contributed by atoms with Crippen molar-refractivity contribution in [3.8, 4) is 5.82 Å². The molecule has 2 aliphatic rings. The van der Waals surface area contributed by atoms with Gasteiger partial charge in [-0.1, -0.05) is 11.6 Å². The van der Waals surface area contributed by atoms with Crippen molar-refractivity contribution in [2.45, 2.75) is 32.1 Å². The number of rotatable bonds is 3. The predicted octanol–water partition coefficient (Wildman–Crippen LogP) is 3.01. The van der Waals surface area contributed by atoms with E-state index in [-0.39, 0.29) is 17.6 Å². The zero-order chi connectivity index (χ0) is 21.7. The van der Waals surface area contributed by atoms with Crippen molar-refractivity contribution >= 4 is 34.4 Å². The topological polar surface area (TPSA) is 93.2 Å². The normalized spacial score (nSPS) is 19.6. The summed E-state index contributed by atoms with van der Waals surface area (Å²) in [7, 11) is 2.14. The average molecular weight is 440 g/mol. The van der Waals surface area contributed by atoms with E-state index in [2.05, 4.69) is 21.9 Å². The summed E-state index contributed by atoms with van der Waals surface area (Å²) >= 11 is 6.42. The van der Waals surface area contributed by atoms with E-state index in [9.17, 15) is 4.79 Å².